The zero-order valence-electron chi connectivity index (χ0n) is 21.2. The average molecular weight is 517 g/mol. The molecule has 36 heavy (non-hydrogen) atoms. The summed E-state index contributed by atoms with van der Waals surface area (Å²) in [6.45, 7) is 3.02. The number of ether oxygens (including phenoxy) is 3. The summed E-state index contributed by atoms with van der Waals surface area (Å²) in [5.41, 5.74) is 1.98. The van der Waals surface area contributed by atoms with Gasteiger partial charge in [0.1, 0.15) is 17.5 Å². The smallest absolute Gasteiger partial charge is 0.305 e. The van der Waals surface area contributed by atoms with E-state index in [0.717, 1.165) is 16.9 Å². The van der Waals surface area contributed by atoms with Crippen LogP contribution in [-0.2, 0) is 32.0 Å². The van der Waals surface area contributed by atoms with Crippen LogP contribution in [0.1, 0.15) is 30.9 Å². The molecular formula is C27H36N2O6S. The van der Waals surface area contributed by atoms with E-state index in [1.165, 1.54) is 11.8 Å². The number of nitrogens with one attached hydrogen (secondary N) is 2. The first-order chi connectivity index (χ1) is 17.4. The van der Waals surface area contributed by atoms with E-state index in [-0.39, 0.29) is 23.5 Å². The summed E-state index contributed by atoms with van der Waals surface area (Å²) in [6, 6.07) is 14.4. The molecule has 0 aliphatic carbocycles. The fraction of sp³-hybridized carbons (Fsp3) is 0.444. The number of carbonyl (C=O) groups excluding carboxylic acids is 3. The summed E-state index contributed by atoms with van der Waals surface area (Å²) < 4.78 is 15.8. The molecule has 0 saturated carbocycles. The zero-order valence-corrected chi connectivity index (χ0v) is 22.0. The monoisotopic (exact) mass is 516 g/mol. The van der Waals surface area contributed by atoms with Crippen molar-refractivity contribution in [3.8, 4) is 11.5 Å². The van der Waals surface area contributed by atoms with Crippen LogP contribution in [0.25, 0.3) is 0 Å². The molecule has 0 aliphatic rings. The first-order valence-corrected chi connectivity index (χ1v) is 13.4. The molecule has 2 N–H and O–H groups in total. The maximum atomic E-state index is 12.9. The molecular weight excluding hydrogens is 480 g/mol. The van der Waals surface area contributed by atoms with Gasteiger partial charge in [-0.1, -0.05) is 24.3 Å². The van der Waals surface area contributed by atoms with Gasteiger partial charge in [-0.25, -0.2) is 0 Å². The molecule has 0 unspecified atom stereocenters. The summed E-state index contributed by atoms with van der Waals surface area (Å²) in [7, 11) is 1.62. The van der Waals surface area contributed by atoms with Crippen molar-refractivity contribution in [1.29, 1.82) is 0 Å². The lowest BCUT2D eigenvalue weighted by molar-refractivity contribution is -0.143. The van der Waals surface area contributed by atoms with Crippen LogP contribution in [-0.4, -0.2) is 62.7 Å². The SMILES string of the molecule is CCOC(=O)CCCOc1ccc(C[C@H](NC(=O)CSC)C(=O)NCCc2ccc(OC)cc2)cc1. The summed E-state index contributed by atoms with van der Waals surface area (Å²) in [4.78, 5) is 36.5. The van der Waals surface area contributed by atoms with Crippen LogP contribution in [0.2, 0.25) is 0 Å². The van der Waals surface area contributed by atoms with E-state index in [4.69, 9.17) is 14.2 Å². The molecule has 9 heteroatoms. The Kier molecular flexibility index (Phi) is 13.3. The van der Waals surface area contributed by atoms with E-state index >= 15 is 0 Å². The van der Waals surface area contributed by atoms with E-state index in [1.54, 1.807) is 14.0 Å². The third-order valence-corrected chi connectivity index (χ3v) is 5.81. The van der Waals surface area contributed by atoms with Crippen molar-refractivity contribution in [3.63, 3.8) is 0 Å². The fourth-order valence-electron chi connectivity index (χ4n) is 3.42. The van der Waals surface area contributed by atoms with Crippen molar-refractivity contribution >= 4 is 29.5 Å². The fourth-order valence-corrected chi connectivity index (χ4v) is 3.76. The van der Waals surface area contributed by atoms with Gasteiger partial charge in [-0.05, 0) is 61.4 Å². The van der Waals surface area contributed by atoms with Gasteiger partial charge in [-0.2, -0.15) is 11.8 Å². The molecule has 8 nitrogen and oxygen atoms in total. The lowest BCUT2D eigenvalue weighted by Crippen LogP contribution is -2.49. The largest absolute Gasteiger partial charge is 0.497 e. The van der Waals surface area contributed by atoms with Gasteiger partial charge in [0.15, 0.2) is 0 Å². The number of carbonyl (C=O) groups is 3. The Labute approximate surface area is 217 Å². The van der Waals surface area contributed by atoms with Gasteiger partial charge in [-0.15, -0.1) is 0 Å². The number of thioether (sulfide) groups is 1. The van der Waals surface area contributed by atoms with E-state index in [0.29, 0.717) is 51.2 Å². The van der Waals surface area contributed by atoms with Gasteiger partial charge < -0.3 is 24.8 Å². The highest BCUT2D eigenvalue weighted by molar-refractivity contribution is 7.99. The molecule has 2 aromatic carbocycles. The van der Waals surface area contributed by atoms with Crippen LogP contribution in [0, 0.1) is 0 Å². The normalized spacial score (nSPS) is 11.3. The van der Waals surface area contributed by atoms with Gasteiger partial charge >= 0.3 is 5.97 Å². The molecule has 2 aromatic rings. The molecule has 0 aromatic heterocycles. The highest BCUT2D eigenvalue weighted by Crippen LogP contribution is 2.15. The molecule has 2 amide bonds. The number of benzene rings is 2. The standard InChI is InChI=1S/C27H36N2O6S/c1-4-34-26(31)6-5-17-35-23-13-9-21(10-14-23)18-24(29-25(30)19-36-3)27(32)28-16-15-20-7-11-22(33-2)12-8-20/h7-14,24H,4-6,15-19H2,1-3H3,(H,28,32)(H,29,30)/t24-/m0/s1. The Hall–Kier alpha value is -3.20. The lowest BCUT2D eigenvalue weighted by atomic mass is 10.0. The van der Waals surface area contributed by atoms with Crippen LogP contribution in [0.3, 0.4) is 0 Å². The van der Waals surface area contributed by atoms with Crippen molar-refractivity contribution in [2.45, 2.75) is 38.6 Å². The van der Waals surface area contributed by atoms with Gasteiger partial charge in [0.05, 0.1) is 26.1 Å². The number of amides is 2. The van der Waals surface area contributed by atoms with E-state index in [9.17, 15) is 14.4 Å². The molecule has 1 atom stereocenters. The van der Waals surface area contributed by atoms with Crippen LogP contribution >= 0.6 is 11.8 Å². The molecule has 0 heterocycles. The number of hydrogen-bond donors (Lipinski definition) is 2. The molecule has 0 spiro atoms. The van der Waals surface area contributed by atoms with Crippen LogP contribution in [0.15, 0.2) is 48.5 Å². The maximum absolute atomic E-state index is 12.9. The van der Waals surface area contributed by atoms with Crippen molar-refractivity contribution in [2.75, 3.05) is 38.9 Å². The summed E-state index contributed by atoms with van der Waals surface area (Å²) in [5, 5.41) is 5.78. The zero-order chi connectivity index (χ0) is 26.2. The van der Waals surface area contributed by atoms with Crippen LogP contribution in [0.5, 0.6) is 11.5 Å². The summed E-state index contributed by atoms with van der Waals surface area (Å²) in [5.74, 6) is 1.11. The van der Waals surface area contributed by atoms with Gasteiger partial charge in [0.25, 0.3) is 0 Å². The lowest BCUT2D eigenvalue weighted by Gasteiger charge is -2.19. The molecule has 0 bridgehead atoms. The summed E-state index contributed by atoms with van der Waals surface area (Å²) >= 11 is 1.40. The predicted molar refractivity (Wildman–Crippen MR) is 142 cm³/mol. The molecule has 196 valence electrons. The Balaban J connectivity index is 1.88. The van der Waals surface area contributed by atoms with Gasteiger partial charge in [-0.3, -0.25) is 14.4 Å². The minimum atomic E-state index is -0.683. The topological polar surface area (TPSA) is 103 Å². The quantitative estimate of drug-likeness (QED) is 0.261. The second-order valence-corrected chi connectivity index (χ2v) is 8.91. The maximum Gasteiger partial charge on any atom is 0.305 e. The summed E-state index contributed by atoms with van der Waals surface area (Å²) in [6.07, 6.45) is 3.76. The van der Waals surface area contributed by atoms with Crippen molar-refractivity contribution < 1.29 is 28.6 Å². The van der Waals surface area contributed by atoms with Gasteiger partial charge in [0.2, 0.25) is 11.8 Å². The Morgan fingerprint density at radius 2 is 1.64 bits per heavy atom. The number of rotatable bonds is 16. The van der Waals surface area contributed by atoms with E-state index in [1.807, 2.05) is 54.8 Å². The van der Waals surface area contributed by atoms with Crippen LogP contribution < -0.4 is 20.1 Å². The van der Waals surface area contributed by atoms with Crippen molar-refractivity contribution in [3.05, 3.63) is 59.7 Å². The number of methoxy groups -OCH3 is 1. The molecule has 0 saturated heterocycles. The number of esters is 1. The predicted octanol–water partition coefficient (Wildman–Crippen LogP) is 3.17. The second-order valence-electron chi connectivity index (χ2n) is 8.05. The Bertz CT molecular complexity index is 950. The highest BCUT2D eigenvalue weighted by atomic mass is 32.2. The third kappa shape index (κ3) is 11.0. The van der Waals surface area contributed by atoms with Crippen molar-refractivity contribution in [1.82, 2.24) is 10.6 Å². The highest BCUT2D eigenvalue weighted by Gasteiger charge is 2.21. The van der Waals surface area contributed by atoms with Crippen molar-refractivity contribution in [2.24, 2.45) is 0 Å². The molecule has 0 aliphatic heterocycles. The average Bonchev–Trinajstić information content (AvgIpc) is 2.88. The van der Waals surface area contributed by atoms with Gasteiger partial charge in [0, 0.05) is 19.4 Å². The van der Waals surface area contributed by atoms with E-state index in [2.05, 4.69) is 10.6 Å². The first kappa shape index (κ1) is 29.0. The third-order valence-electron chi connectivity index (χ3n) is 5.26. The Morgan fingerprint density at radius 1 is 0.972 bits per heavy atom. The van der Waals surface area contributed by atoms with Crippen LogP contribution in [0.4, 0.5) is 0 Å². The molecule has 0 fully saturated rings. The molecule has 2 rings (SSSR count). The molecule has 0 radical (unpaired) electrons. The second kappa shape index (κ2) is 16.5. The minimum absolute atomic E-state index is 0.181. The van der Waals surface area contributed by atoms with E-state index < -0.39 is 6.04 Å². The number of hydrogen-bond acceptors (Lipinski definition) is 7. The minimum Gasteiger partial charge on any atom is -0.497 e. The first-order valence-electron chi connectivity index (χ1n) is 12.0. The Morgan fingerprint density at radius 3 is 2.28 bits per heavy atom.